The second-order valence-corrected chi connectivity index (χ2v) is 4.11. The SMILES string of the molecule is OCCCc1cncc(OCC2CCN2)c1. The third-order valence-corrected chi connectivity index (χ3v) is 2.77. The van der Waals surface area contributed by atoms with E-state index in [2.05, 4.69) is 10.3 Å². The number of pyridine rings is 1. The topological polar surface area (TPSA) is 54.4 Å². The molecule has 1 aromatic rings. The largest absolute Gasteiger partial charge is 0.490 e. The van der Waals surface area contributed by atoms with Crippen LogP contribution in [0.15, 0.2) is 18.5 Å². The second-order valence-electron chi connectivity index (χ2n) is 4.11. The summed E-state index contributed by atoms with van der Waals surface area (Å²) in [7, 11) is 0. The van der Waals surface area contributed by atoms with Crippen molar-refractivity contribution in [3.63, 3.8) is 0 Å². The number of ether oxygens (including phenoxy) is 1. The van der Waals surface area contributed by atoms with Gasteiger partial charge < -0.3 is 15.2 Å². The molecule has 0 saturated carbocycles. The summed E-state index contributed by atoms with van der Waals surface area (Å²) in [6, 6.07) is 2.50. The van der Waals surface area contributed by atoms with Crippen LogP contribution >= 0.6 is 0 Å². The Labute approximate surface area is 95.7 Å². The van der Waals surface area contributed by atoms with Crippen LogP contribution in [0, 0.1) is 0 Å². The number of aryl methyl sites for hydroxylation is 1. The summed E-state index contributed by atoms with van der Waals surface area (Å²) in [4.78, 5) is 4.13. The maximum absolute atomic E-state index is 8.75. The average molecular weight is 222 g/mol. The van der Waals surface area contributed by atoms with Crippen LogP contribution in [0.5, 0.6) is 5.75 Å². The predicted molar refractivity (Wildman–Crippen MR) is 61.5 cm³/mol. The second kappa shape index (κ2) is 5.82. The molecule has 88 valence electrons. The quantitative estimate of drug-likeness (QED) is 0.745. The lowest BCUT2D eigenvalue weighted by molar-refractivity contribution is 0.216. The molecule has 2 heterocycles. The molecule has 4 nitrogen and oxygen atoms in total. The van der Waals surface area contributed by atoms with Crippen molar-refractivity contribution < 1.29 is 9.84 Å². The van der Waals surface area contributed by atoms with E-state index in [1.807, 2.05) is 12.3 Å². The summed E-state index contributed by atoms with van der Waals surface area (Å²) >= 11 is 0. The van der Waals surface area contributed by atoms with Gasteiger partial charge in [0.05, 0.1) is 6.20 Å². The van der Waals surface area contributed by atoms with Crippen LogP contribution < -0.4 is 10.1 Å². The number of rotatable bonds is 6. The Morgan fingerprint density at radius 1 is 1.50 bits per heavy atom. The molecule has 1 atom stereocenters. The molecule has 0 spiro atoms. The zero-order valence-electron chi connectivity index (χ0n) is 9.35. The first-order valence-electron chi connectivity index (χ1n) is 5.79. The van der Waals surface area contributed by atoms with Gasteiger partial charge in [-0.2, -0.15) is 0 Å². The molecule has 2 N–H and O–H groups in total. The molecule has 1 saturated heterocycles. The van der Waals surface area contributed by atoms with Crippen molar-refractivity contribution in [1.29, 1.82) is 0 Å². The minimum absolute atomic E-state index is 0.219. The molecule has 1 unspecified atom stereocenters. The molecule has 0 amide bonds. The van der Waals surface area contributed by atoms with Crippen LogP contribution in [0.1, 0.15) is 18.4 Å². The van der Waals surface area contributed by atoms with Crippen molar-refractivity contribution in [3.05, 3.63) is 24.0 Å². The number of nitrogens with one attached hydrogen (secondary N) is 1. The monoisotopic (exact) mass is 222 g/mol. The molecular weight excluding hydrogens is 204 g/mol. The summed E-state index contributed by atoms with van der Waals surface area (Å²) in [6.45, 7) is 2.03. The van der Waals surface area contributed by atoms with Crippen LogP contribution in [0.25, 0.3) is 0 Å². The molecule has 1 aliphatic rings. The Hall–Kier alpha value is -1.13. The standard InChI is InChI=1S/C12H18N2O2/c15-5-1-2-10-6-12(8-13-7-10)16-9-11-3-4-14-11/h6-8,11,14-15H,1-5,9H2. The molecular formula is C12H18N2O2. The maximum atomic E-state index is 8.75. The number of hydrogen-bond acceptors (Lipinski definition) is 4. The first-order chi connectivity index (χ1) is 7.88. The van der Waals surface area contributed by atoms with Crippen LogP contribution in [0.4, 0.5) is 0 Å². The average Bonchev–Trinajstić information content (AvgIpc) is 2.25. The fourth-order valence-electron chi connectivity index (χ4n) is 1.65. The Morgan fingerprint density at radius 3 is 3.06 bits per heavy atom. The number of aliphatic hydroxyl groups is 1. The summed E-state index contributed by atoms with van der Waals surface area (Å²) in [5, 5.41) is 12.0. The number of hydrogen-bond donors (Lipinski definition) is 2. The van der Waals surface area contributed by atoms with E-state index in [0.717, 1.165) is 30.7 Å². The van der Waals surface area contributed by atoms with Crippen molar-refractivity contribution in [2.24, 2.45) is 0 Å². The van der Waals surface area contributed by atoms with Gasteiger partial charge in [-0.15, -0.1) is 0 Å². The van der Waals surface area contributed by atoms with Crippen LogP contribution in [0.2, 0.25) is 0 Å². The third kappa shape index (κ3) is 3.18. The van der Waals surface area contributed by atoms with Crippen LogP contribution in [-0.2, 0) is 6.42 Å². The molecule has 16 heavy (non-hydrogen) atoms. The summed E-state index contributed by atoms with van der Waals surface area (Å²) in [5.41, 5.74) is 1.12. The Kier molecular flexibility index (Phi) is 4.13. The summed E-state index contributed by atoms with van der Waals surface area (Å²) in [5.74, 6) is 0.823. The Bertz CT molecular complexity index is 327. The highest BCUT2D eigenvalue weighted by molar-refractivity contribution is 5.23. The maximum Gasteiger partial charge on any atom is 0.137 e. The van der Waals surface area contributed by atoms with Gasteiger partial charge in [0.1, 0.15) is 12.4 Å². The highest BCUT2D eigenvalue weighted by Gasteiger charge is 2.16. The van der Waals surface area contributed by atoms with Gasteiger partial charge in [0.15, 0.2) is 0 Å². The van der Waals surface area contributed by atoms with Gasteiger partial charge in [0, 0.05) is 18.8 Å². The Balaban J connectivity index is 1.82. The van der Waals surface area contributed by atoms with E-state index in [1.54, 1.807) is 6.20 Å². The molecule has 0 bridgehead atoms. The molecule has 1 fully saturated rings. The van der Waals surface area contributed by atoms with Crippen LogP contribution in [-0.4, -0.2) is 35.9 Å². The van der Waals surface area contributed by atoms with Gasteiger partial charge in [-0.1, -0.05) is 0 Å². The van der Waals surface area contributed by atoms with Crippen molar-refractivity contribution in [2.75, 3.05) is 19.8 Å². The first kappa shape index (κ1) is 11.4. The van der Waals surface area contributed by atoms with Crippen LogP contribution in [0.3, 0.4) is 0 Å². The lowest BCUT2D eigenvalue weighted by Crippen LogP contribution is -2.46. The van der Waals surface area contributed by atoms with E-state index < -0.39 is 0 Å². The first-order valence-corrected chi connectivity index (χ1v) is 5.79. The normalized spacial score (nSPS) is 19.2. The fraction of sp³-hybridized carbons (Fsp3) is 0.583. The Morgan fingerprint density at radius 2 is 2.38 bits per heavy atom. The molecule has 4 heteroatoms. The lowest BCUT2D eigenvalue weighted by Gasteiger charge is -2.27. The van der Waals surface area contributed by atoms with Gasteiger partial charge in [-0.25, -0.2) is 0 Å². The summed E-state index contributed by atoms with van der Waals surface area (Å²) in [6.07, 6.45) is 6.38. The molecule has 2 rings (SSSR count). The number of nitrogens with zero attached hydrogens (tertiary/aromatic N) is 1. The highest BCUT2D eigenvalue weighted by Crippen LogP contribution is 2.14. The lowest BCUT2D eigenvalue weighted by atomic mass is 10.1. The smallest absolute Gasteiger partial charge is 0.137 e. The van der Waals surface area contributed by atoms with Crippen molar-refractivity contribution in [3.8, 4) is 5.75 Å². The van der Waals surface area contributed by atoms with Gasteiger partial charge in [-0.3, -0.25) is 4.98 Å². The number of aliphatic hydroxyl groups excluding tert-OH is 1. The molecule has 0 aromatic carbocycles. The molecule has 1 aromatic heterocycles. The minimum Gasteiger partial charge on any atom is -0.490 e. The van der Waals surface area contributed by atoms with Gasteiger partial charge in [-0.05, 0) is 37.4 Å². The molecule has 0 aliphatic carbocycles. The van der Waals surface area contributed by atoms with E-state index in [4.69, 9.17) is 9.84 Å². The van der Waals surface area contributed by atoms with E-state index in [-0.39, 0.29) is 6.61 Å². The number of aromatic nitrogens is 1. The minimum atomic E-state index is 0.219. The van der Waals surface area contributed by atoms with Crippen molar-refractivity contribution >= 4 is 0 Å². The van der Waals surface area contributed by atoms with E-state index in [0.29, 0.717) is 12.6 Å². The van der Waals surface area contributed by atoms with Gasteiger partial charge in [0.25, 0.3) is 0 Å². The fourth-order valence-corrected chi connectivity index (χ4v) is 1.65. The van der Waals surface area contributed by atoms with E-state index >= 15 is 0 Å². The zero-order valence-corrected chi connectivity index (χ0v) is 9.35. The van der Waals surface area contributed by atoms with Crippen molar-refractivity contribution in [2.45, 2.75) is 25.3 Å². The van der Waals surface area contributed by atoms with E-state index in [9.17, 15) is 0 Å². The highest BCUT2D eigenvalue weighted by atomic mass is 16.5. The zero-order chi connectivity index (χ0) is 11.2. The predicted octanol–water partition coefficient (Wildman–Crippen LogP) is 0.747. The van der Waals surface area contributed by atoms with E-state index in [1.165, 1.54) is 6.42 Å². The summed E-state index contributed by atoms with van der Waals surface area (Å²) < 4.78 is 5.64. The molecule has 1 aliphatic heterocycles. The van der Waals surface area contributed by atoms with Gasteiger partial charge >= 0.3 is 0 Å². The molecule has 0 radical (unpaired) electrons. The van der Waals surface area contributed by atoms with Crippen molar-refractivity contribution in [1.82, 2.24) is 10.3 Å². The van der Waals surface area contributed by atoms with Gasteiger partial charge in [0.2, 0.25) is 0 Å². The third-order valence-electron chi connectivity index (χ3n) is 2.77.